The van der Waals surface area contributed by atoms with Gasteiger partial charge in [0, 0.05) is 6.92 Å². The van der Waals surface area contributed by atoms with E-state index in [2.05, 4.69) is 4.98 Å². The van der Waals surface area contributed by atoms with Crippen LogP contribution in [-0.4, -0.2) is 11.0 Å². The average Bonchev–Trinajstić information content (AvgIpc) is 2.81. The van der Waals surface area contributed by atoms with E-state index in [4.69, 9.17) is 9.15 Å². The van der Waals surface area contributed by atoms with Crippen molar-refractivity contribution in [1.82, 2.24) is 4.98 Å². The smallest absolute Gasteiger partial charge is 0.308 e. The van der Waals surface area contributed by atoms with Gasteiger partial charge in [0.25, 0.3) is 0 Å². The zero-order valence-corrected chi connectivity index (χ0v) is 11.2. The Kier molecular flexibility index (Phi) is 2.99. The van der Waals surface area contributed by atoms with E-state index in [0.717, 1.165) is 16.7 Å². The van der Waals surface area contributed by atoms with Crippen molar-refractivity contribution in [2.75, 3.05) is 0 Å². The molecule has 0 bridgehead atoms. The molecule has 0 fully saturated rings. The van der Waals surface area contributed by atoms with Gasteiger partial charge in [-0.15, -0.1) is 0 Å². The second kappa shape index (κ2) is 4.81. The molecule has 1 heterocycles. The summed E-state index contributed by atoms with van der Waals surface area (Å²) in [5.41, 5.74) is 3.27. The van der Waals surface area contributed by atoms with Crippen LogP contribution >= 0.6 is 0 Å². The van der Waals surface area contributed by atoms with Crippen molar-refractivity contribution < 1.29 is 13.9 Å². The fraction of sp³-hybridized carbons (Fsp3) is 0.125. The summed E-state index contributed by atoms with van der Waals surface area (Å²) in [6.45, 7) is 3.36. The molecule has 0 N–H and O–H groups in total. The lowest BCUT2D eigenvalue weighted by Crippen LogP contribution is -2.02. The molecule has 0 radical (unpaired) electrons. The minimum Gasteiger partial charge on any atom is -0.436 e. The van der Waals surface area contributed by atoms with Gasteiger partial charge in [-0.2, -0.15) is 0 Å². The predicted octanol–water partition coefficient (Wildman–Crippen LogP) is 3.73. The molecule has 0 atom stereocenters. The van der Waals surface area contributed by atoms with E-state index in [0.29, 0.717) is 17.2 Å². The second-order valence-corrected chi connectivity index (χ2v) is 4.58. The lowest BCUT2D eigenvalue weighted by Gasteiger charge is -2.04. The lowest BCUT2D eigenvalue weighted by atomic mass is 10.2. The van der Waals surface area contributed by atoms with E-state index >= 15 is 0 Å². The highest BCUT2D eigenvalue weighted by atomic mass is 16.5. The molecule has 2 aromatic carbocycles. The maximum Gasteiger partial charge on any atom is 0.308 e. The average molecular weight is 267 g/mol. The Bertz CT molecular complexity index is 789. The predicted molar refractivity (Wildman–Crippen MR) is 75.5 cm³/mol. The van der Waals surface area contributed by atoms with Gasteiger partial charge in [-0.05, 0) is 36.8 Å². The molecule has 0 spiro atoms. The van der Waals surface area contributed by atoms with Crippen molar-refractivity contribution in [2.45, 2.75) is 13.8 Å². The number of hydrogen-bond donors (Lipinski definition) is 0. The Morgan fingerprint density at radius 1 is 1.20 bits per heavy atom. The number of aromatic nitrogens is 1. The van der Waals surface area contributed by atoms with E-state index in [1.54, 1.807) is 12.1 Å². The monoisotopic (exact) mass is 267 g/mol. The number of rotatable bonds is 2. The molecule has 0 aliphatic rings. The van der Waals surface area contributed by atoms with Gasteiger partial charge in [0.15, 0.2) is 5.58 Å². The summed E-state index contributed by atoms with van der Waals surface area (Å²) in [6, 6.07) is 13.0. The summed E-state index contributed by atoms with van der Waals surface area (Å²) in [4.78, 5) is 15.6. The Hall–Kier alpha value is -2.62. The second-order valence-electron chi connectivity index (χ2n) is 4.58. The highest BCUT2D eigenvalue weighted by molar-refractivity contribution is 5.79. The van der Waals surface area contributed by atoms with Gasteiger partial charge in [0.05, 0.1) is 5.56 Å². The van der Waals surface area contributed by atoms with E-state index in [1.165, 1.54) is 6.92 Å². The molecule has 100 valence electrons. The fourth-order valence-corrected chi connectivity index (χ4v) is 2.03. The third-order valence-electron chi connectivity index (χ3n) is 2.92. The molecule has 1 aromatic heterocycles. The molecule has 0 aliphatic carbocycles. The maximum atomic E-state index is 11.1. The molecule has 20 heavy (non-hydrogen) atoms. The van der Waals surface area contributed by atoms with Crippen LogP contribution in [0.25, 0.3) is 22.6 Å². The number of ether oxygens (including phenoxy) is 1. The number of carbonyl (C=O) groups excluding carboxylic acids is 1. The molecule has 0 amide bonds. The molecular formula is C16H13NO3. The molecule has 4 nitrogen and oxygen atoms in total. The van der Waals surface area contributed by atoms with Crippen LogP contribution in [0.5, 0.6) is 5.75 Å². The van der Waals surface area contributed by atoms with Gasteiger partial charge in [0.2, 0.25) is 5.89 Å². The highest BCUT2D eigenvalue weighted by Crippen LogP contribution is 2.31. The van der Waals surface area contributed by atoms with E-state index in [1.807, 2.05) is 37.3 Å². The maximum absolute atomic E-state index is 11.1. The lowest BCUT2D eigenvalue weighted by molar-refractivity contribution is -0.131. The summed E-state index contributed by atoms with van der Waals surface area (Å²) in [5.74, 6) is 0.523. The van der Waals surface area contributed by atoms with Crippen LogP contribution in [0.3, 0.4) is 0 Å². The Morgan fingerprint density at radius 2 is 2.00 bits per heavy atom. The standard InChI is InChI=1S/C16H13NO3/c1-10-7-8-13-15(9-10)20-16(17-13)12-5-3-4-6-14(12)19-11(2)18/h3-9H,1-2H3. The normalized spacial score (nSPS) is 10.7. The summed E-state index contributed by atoms with van der Waals surface area (Å²) in [7, 11) is 0. The van der Waals surface area contributed by atoms with Crippen LogP contribution in [0.4, 0.5) is 0 Å². The van der Waals surface area contributed by atoms with Gasteiger partial charge in [0.1, 0.15) is 11.3 Å². The Labute approximate surface area is 116 Å². The number of benzene rings is 2. The Balaban J connectivity index is 2.13. The number of fused-ring (bicyclic) bond motifs is 1. The van der Waals surface area contributed by atoms with Crippen LogP contribution in [0.15, 0.2) is 46.9 Å². The van der Waals surface area contributed by atoms with Crippen molar-refractivity contribution >= 4 is 17.1 Å². The SMILES string of the molecule is CC(=O)Oc1ccccc1-c1nc2ccc(C)cc2o1. The first kappa shape index (κ1) is 12.4. The number of para-hydroxylation sites is 1. The zero-order chi connectivity index (χ0) is 14.1. The highest BCUT2D eigenvalue weighted by Gasteiger charge is 2.14. The largest absolute Gasteiger partial charge is 0.436 e. The van der Waals surface area contributed by atoms with Crippen molar-refractivity contribution in [1.29, 1.82) is 0 Å². The molecule has 0 unspecified atom stereocenters. The first-order valence-electron chi connectivity index (χ1n) is 6.28. The van der Waals surface area contributed by atoms with E-state index in [9.17, 15) is 4.79 Å². The van der Waals surface area contributed by atoms with Crippen molar-refractivity contribution in [3.63, 3.8) is 0 Å². The van der Waals surface area contributed by atoms with Gasteiger partial charge >= 0.3 is 5.97 Å². The summed E-state index contributed by atoms with van der Waals surface area (Å²) < 4.78 is 10.9. The number of carbonyl (C=O) groups is 1. The summed E-state index contributed by atoms with van der Waals surface area (Å²) in [6.07, 6.45) is 0. The molecule has 4 heteroatoms. The molecule has 0 saturated carbocycles. The van der Waals surface area contributed by atoms with Crippen molar-refractivity contribution in [2.24, 2.45) is 0 Å². The topological polar surface area (TPSA) is 52.3 Å². The third-order valence-corrected chi connectivity index (χ3v) is 2.92. The zero-order valence-electron chi connectivity index (χ0n) is 11.2. The van der Waals surface area contributed by atoms with Crippen LogP contribution in [-0.2, 0) is 4.79 Å². The number of esters is 1. The number of oxazole rings is 1. The fourth-order valence-electron chi connectivity index (χ4n) is 2.03. The van der Waals surface area contributed by atoms with Gasteiger partial charge in [-0.3, -0.25) is 4.79 Å². The minimum atomic E-state index is -0.371. The number of aryl methyl sites for hydroxylation is 1. The summed E-state index contributed by atoms with van der Waals surface area (Å²) in [5, 5.41) is 0. The first-order chi connectivity index (χ1) is 9.63. The first-order valence-corrected chi connectivity index (χ1v) is 6.28. The molecular weight excluding hydrogens is 254 g/mol. The number of hydrogen-bond acceptors (Lipinski definition) is 4. The van der Waals surface area contributed by atoms with Crippen LogP contribution in [0.1, 0.15) is 12.5 Å². The Morgan fingerprint density at radius 3 is 2.80 bits per heavy atom. The van der Waals surface area contributed by atoms with Crippen molar-refractivity contribution in [3.05, 3.63) is 48.0 Å². The molecule has 3 rings (SSSR count). The minimum absolute atomic E-state index is 0.371. The summed E-state index contributed by atoms with van der Waals surface area (Å²) >= 11 is 0. The van der Waals surface area contributed by atoms with Gasteiger partial charge < -0.3 is 9.15 Å². The van der Waals surface area contributed by atoms with E-state index in [-0.39, 0.29) is 5.97 Å². The molecule has 3 aromatic rings. The van der Waals surface area contributed by atoms with Crippen LogP contribution in [0, 0.1) is 6.92 Å². The van der Waals surface area contributed by atoms with E-state index < -0.39 is 0 Å². The number of nitrogens with zero attached hydrogens (tertiary/aromatic N) is 1. The van der Waals surface area contributed by atoms with Crippen LogP contribution < -0.4 is 4.74 Å². The molecule has 0 aliphatic heterocycles. The van der Waals surface area contributed by atoms with Crippen molar-refractivity contribution in [3.8, 4) is 17.2 Å². The molecule has 0 saturated heterocycles. The third kappa shape index (κ3) is 2.28. The quantitative estimate of drug-likeness (QED) is 0.524. The van der Waals surface area contributed by atoms with Gasteiger partial charge in [-0.1, -0.05) is 18.2 Å². The van der Waals surface area contributed by atoms with Crippen LogP contribution in [0.2, 0.25) is 0 Å². The van der Waals surface area contributed by atoms with Gasteiger partial charge in [-0.25, -0.2) is 4.98 Å².